The lowest BCUT2D eigenvalue weighted by atomic mass is 9.98. The number of carbonyl (C=O) groups excluding carboxylic acids is 1. The van der Waals surface area contributed by atoms with Crippen LogP contribution in [-0.2, 0) is 0 Å². The molecule has 1 aromatic heterocycles. The van der Waals surface area contributed by atoms with Gasteiger partial charge in [-0.05, 0) is 43.0 Å². The minimum atomic E-state index is 0.0963. The molecule has 1 fully saturated rings. The van der Waals surface area contributed by atoms with Crippen molar-refractivity contribution in [1.82, 2.24) is 15.0 Å². The number of amides is 1. The predicted molar refractivity (Wildman–Crippen MR) is 99.5 cm³/mol. The molecule has 2 aromatic carbocycles. The highest BCUT2D eigenvalue weighted by atomic mass is 16.5. The summed E-state index contributed by atoms with van der Waals surface area (Å²) in [4.78, 5) is 19.0. The summed E-state index contributed by atoms with van der Waals surface area (Å²) in [6.45, 7) is 3.92. The normalized spacial score (nSPS) is 15.2. The van der Waals surface area contributed by atoms with Crippen LogP contribution in [-0.4, -0.2) is 34.0 Å². The van der Waals surface area contributed by atoms with Crippen molar-refractivity contribution in [2.45, 2.75) is 19.8 Å². The van der Waals surface area contributed by atoms with Crippen LogP contribution in [0.3, 0.4) is 0 Å². The van der Waals surface area contributed by atoms with Gasteiger partial charge in [0.2, 0.25) is 5.82 Å². The lowest BCUT2D eigenvalue weighted by molar-refractivity contribution is 0.0697. The third kappa shape index (κ3) is 3.38. The molecule has 1 aliphatic heterocycles. The summed E-state index contributed by atoms with van der Waals surface area (Å²) in [6.07, 6.45) is 2.15. The lowest BCUT2D eigenvalue weighted by Crippen LogP contribution is -2.37. The first-order valence-electron chi connectivity index (χ1n) is 8.99. The molecule has 1 amide bonds. The number of rotatable bonds is 3. The number of piperidine rings is 1. The van der Waals surface area contributed by atoms with Crippen molar-refractivity contribution in [1.29, 1.82) is 0 Å². The molecule has 26 heavy (non-hydrogen) atoms. The Morgan fingerprint density at radius 2 is 1.69 bits per heavy atom. The molecular weight excluding hydrogens is 326 g/mol. The first kappa shape index (κ1) is 16.5. The third-order valence-electron chi connectivity index (χ3n) is 4.91. The smallest absolute Gasteiger partial charge is 0.258 e. The van der Waals surface area contributed by atoms with Gasteiger partial charge in [-0.15, -0.1) is 0 Å². The highest BCUT2D eigenvalue weighted by Crippen LogP contribution is 2.23. The van der Waals surface area contributed by atoms with Crippen LogP contribution in [0.5, 0.6) is 0 Å². The molecular formula is C21H21N3O2. The molecule has 4 rings (SSSR count). The van der Waals surface area contributed by atoms with Crippen LogP contribution in [0, 0.1) is 5.92 Å². The number of benzene rings is 2. The molecule has 0 aliphatic carbocycles. The van der Waals surface area contributed by atoms with Crippen molar-refractivity contribution in [2.75, 3.05) is 13.1 Å². The van der Waals surface area contributed by atoms with E-state index in [1.165, 1.54) is 0 Å². The molecule has 0 unspecified atom stereocenters. The summed E-state index contributed by atoms with van der Waals surface area (Å²) in [6, 6.07) is 17.1. The fourth-order valence-corrected chi connectivity index (χ4v) is 3.19. The molecule has 0 bridgehead atoms. The highest BCUT2D eigenvalue weighted by Gasteiger charge is 2.21. The number of nitrogens with zero attached hydrogens (tertiary/aromatic N) is 3. The van der Waals surface area contributed by atoms with Gasteiger partial charge in [0.05, 0.1) is 0 Å². The summed E-state index contributed by atoms with van der Waals surface area (Å²) in [5, 5.41) is 4.04. The summed E-state index contributed by atoms with van der Waals surface area (Å²) in [5.74, 6) is 1.81. The molecule has 5 nitrogen and oxygen atoms in total. The fourth-order valence-electron chi connectivity index (χ4n) is 3.19. The van der Waals surface area contributed by atoms with Crippen LogP contribution >= 0.6 is 0 Å². The molecule has 132 valence electrons. The molecule has 0 saturated carbocycles. The van der Waals surface area contributed by atoms with Gasteiger partial charge in [0.1, 0.15) is 0 Å². The van der Waals surface area contributed by atoms with E-state index in [4.69, 9.17) is 4.52 Å². The van der Waals surface area contributed by atoms with Gasteiger partial charge >= 0.3 is 0 Å². The average molecular weight is 347 g/mol. The second-order valence-corrected chi connectivity index (χ2v) is 6.84. The van der Waals surface area contributed by atoms with Crippen LogP contribution in [0.2, 0.25) is 0 Å². The quantitative estimate of drug-likeness (QED) is 0.710. The van der Waals surface area contributed by atoms with E-state index in [2.05, 4.69) is 17.1 Å². The predicted octanol–water partition coefficient (Wildman–Crippen LogP) is 4.28. The second kappa shape index (κ2) is 7.12. The van der Waals surface area contributed by atoms with Crippen molar-refractivity contribution in [3.05, 3.63) is 60.2 Å². The van der Waals surface area contributed by atoms with E-state index in [1.54, 1.807) is 0 Å². The number of carbonyl (C=O) groups is 1. The van der Waals surface area contributed by atoms with Crippen molar-refractivity contribution in [3.8, 4) is 22.8 Å². The Hall–Kier alpha value is -2.95. The number of aromatic nitrogens is 2. The highest BCUT2D eigenvalue weighted by molar-refractivity contribution is 5.94. The average Bonchev–Trinajstić information content (AvgIpc) is 3.19. The lowest BCUT2D eigenvalue weighted by Gasteiger charge is -2.30. The molecule has 0 N–H and O–H groups in total. The Kier molecular flexibility index (Phi) is 4.52. The van der Waals surface area contributed by atoms with Gasteiger partial charge in [0.15, 0.2) is 0 Å². The topological polar surface area (TPSA) is 59.2 Å². The van der Waals surface area contributed by atoms with Crippen molar-refractivity contribution in [2.24, 2.45) is 5.92 Å². The van der Waals surface area contributed by atoms with Gasteiger partial charge in [-0.2, -0.15) is 4.98 Å². The van der Waals surface area contributed by atoms with E-state index in [0.29, 0.717) is 23.2 Å². The van der Waals surface area contributed by atoms with Gasteiger partial charge in [-0.25, -0.2) is 0 Å². The molecule has 1 saturated heterocycles. The van der Waals surface area contributed by atoms with Crippen molar-refractivity contribution >= 4 is 5.91 Å². The minimum absolute atomic E-state index is 0.0963. The Morgan fingerprint density at radius 3 is 2.38 bits per heavy atom. The zero-order valence-corrected chi connectivity index (χ0v) is 14.8. The van der Waals surface area contributed by atoms with Crippen molar-refractivity contribution in [3.63, 3.8) is 0 Å². The van der Waals surface area contributed by atoms with E-state index in [1.807, 2.05) is 59.5 Å². The van der Waals surface area contributed by atoms with E-state index >= 15 is 0 Å². The molecule has 5 heteroatoms. The van der Waals surface area contributed by atoms with Gasteiger partial charge < -0.3 is 9.42 Å². The maximum atomic E-state index is 12.6. The second-order valence-electron chi connectivity index (χ2n) is 6.84. The number of likely N-dealkylation sites (tertiary alicyclic amines) is 1. The summed E-state index contributed by atoms with van der Waals surface area (Å²) in [7, 11) is 0. The van der Waals surface area contributed by atoms with Crippen LogP contribution < -0.4 is 0 Å². The SMILES string of the molecule is CC1CCN(C(=O)c2ccc(-c3nc(-c4ccccc4)no3)cc2)CC1. The Balaban J connectivity index is 1.50. The molecule has 1 aliphatic rings. The van der Waals surface area contributed by atoms with Crippen molar-refractivity contribution < 1.29 is 9.32 Å². The van der Waals surface area contributed by atoms with Crippen LogP contribution in [0.1, 0.15) is 30.1 Å². The molecule has 0 radical (unpaired) electrons. The summed E-state index contributed by atoms with van der Waals surface area (Å²) >= 11 is 0. The Morgan fingerprint density at radius 1 is 1.00 bits per heavy atom. The number of hydrogen-bond donors (Lipinski definition) is 0. The standard InChI is InChI=1S/C21H21N3O2/c1-15-11-13-24(14-12-15)21(25)18-9-7-17(8-10-18)20-22-19(23-26-20)16-5-3-2-4-6-16/h2-10,15H,11-14H2,1H3. The summed E-state index contributed by atoms with van der Waals surface area (Å²) in [5.41, 5.74) is 2.42. The van der Waals surface area contributed by atoms with Crippen LogP contribution in [0.25, 0.3) is 22.8 Å². The zero-order valence-electron chi connectivity index (χ0n) is 14.8. The maximum Gasteiger partial charge on any atom is 0.258 e. The van der Waals surface area contributed by atoms with E-state index in [0.717, 1.165) is 37.1 Å². The zero-order chi connectivity index (χ0) is 17.9. The first-order valence-corrected chi connectivity index (χ1v) is 8.99. The first-order chi connectivity index (χ1) is 12.7. The third-order valence-corrected chi connectivity index (χ3v) is 4.91. The van der Waals surface area contributed by atoms with Gasteiger partial charge in [0.25, 0.3) is 11.8 Å². The Labute approximate surface area is 152 Å². The largest absolute Gasteiger partial charge is 0.339 e. The fraction of sp³-hybridized carbons (Fsp3) is 0.286. The molecule has 0 atom stereocenters. The summed E-state index contributed by atoms with van der Waals surface area (Å²) < 4.78 is 5.38. The van der Waals surface area contributed by atoms with Crippen LogP contribution in [0.15, 0.2) is 59.1 Å². The van der Waals surface area contributed by atoms with E-state index in [9.17, 15) is 4.79 Å². The monoisotopic (exact) mass is 347 g/mol. The van der Waals surface area contributed by atoms with E-state index < -0.39 is 0 Å². The molecule has 2 heterocycles. The maximum absolute atomic E-state index is 12.6. The van der Waals surface area contributed by atoms with Gasteiger partial charge in [-0.1, -0.05) is 42.4 Å². The molecule has 0 spiro atoms. The molecule has 3 aromatic rings. The van der Waals surface area contributed by atoms with Crippen LogP contribution in [0.4, 0.5) is 0 Å². The Bertz CT molecular complexity index is 879. The van der Waals surface area contributed by atoms with Gasteiger partial charge in [-0.3, -0.25) is 4.79 Å². The van der Waals surface area contributed by atoms with Gasteiger partial charge in [0, 0.05) is 29.8 Å². The van der Waals surface area contributed by atoms with E-state index in [-0.39, 0.29) is 5.91 Å². The minimum Gasteiger partial charge on any atom is -0.339 e. The number of hydrogen-bond acceptors (Lipinski definition) is 4.